The van der Waals surface area contributed by atoms with Crippen LogP contribution in [0.2, 0.25) is 0 Å². The first-order valence-electron chi connectivity index (χ1n) is 9.62. The van der Waals surface area contributed by atoms with Gasteiger partial charge in [0.05, 0.1) is 18.3 Å². The molecule has 5 heteroatoms. The number of nitrogens with zero attached hydrogens (tertiary/aromatic N) is 2. The smallest absolute Gasteiger partial charge is 0.273 e. The van der Waals surface area contributed by atoms with Gasteiger partial charge >= 0.3 is 0 Å². The summed E-state index contributed by atoms with van der Waals surface area (Å²) in [4.78, 5) is 15.2. The van der Waals surface area contributed by atoms with E-state index in [1.807, 2.05) is 60.4 Å². The van der Waals surface area contributed by atoms with Crippen LogP contribution in [0, 0.1) is 0 Å². The lowest BCUT2D eigenvalue weighted by molar-refractivity contribution is 0.0545. The highest BCUT2D eigenvalue weighted by Crippen LogP contribution is 2.46. The number of hydrogen-bond acceptors (Lipinski definition) is 3. The number of aromatic amines is 1. The van der Waals surface area contributed by atoms with E-state index in [2.05, 4.69) is 37.0 Å². The first kappa shape index (κ1) is 18.3. The summed E-state index contributed by atoms with van der Waals surface area (Å²) in [5, 5.41) is 7.51. The van der Waals surface area contributed by atoms with Crippen LogP contribution >= 0.6 is 0 Å². The number of benzene rings is 2. The zero-order valence-corrected chi connectivity index (χ0v) is 16.7. The molecule has 0 bridgehead atoms. The first-order valence-corrected chi connectivity index (χ1v) is 9.62. The van der Waals surface area contributed by atoms with Crippen molar-refractivity contribution in [3.05, 3.63) is 71.4 Å². The molecule has 2 heterocycles. The Balaban J connectivity index is 1.92. The molecule has 0 spiro atoms. The average Bonchev–Trinajstić information content (AvgIpc) is 3.22. The van der Waals surface area contributed by atoms with E-state index in [0.29, 0.717) is 12.3 Å². The van der Waals surface area contributed by atoms with Crippen LogP contribution in [0.1, 0.15) is 55.4 Å². The number of ether oxygens (including phenoxy) is 1. The minimum atomic E-state index is -0.350. The standard InChI is InChI=1S/C23H25N3O2/c1-5-28-17-13-9-12-16(14-17)21-18-19(15-10-7-6-8-11-15)24-25-20(18)22(27)26(21)23(2,3)4/h6-14,21H,5H2,1-4H3,(H,24,25). The van der Waals surface area contributed by atoms with Crippen molar-refractivity contribution in [1.82, 2.24) is 15.1 Å². The van der Waals surface area contributed by atoms with Crippen LogP contribution in [0.15, 0.2) is 54.6 Å². The molecule has 1 unspecified atom stereocenters. The molecule has 0 fully saturated rings. The van der Waals surface area contributed by atoms with Crippen LogP contribution in [0.5, 0.6) is 5.75 Å². The molecule has 2 aromatic carbocycles. The van der Waals surface area contributed by atoms with Crippen molar-refractivity contribution in [3.63, 3.8) is 0 Å². The van der Waals surface area contributed by atoms with Gasteiger partial charge in [-0.15, -0.1) is 0 Å². The number of carbonyl (C=O) groups is 1. The maximum Gasteiger partial charge on any atom is 0.273 e. The van der Waals surface area contributed by atoms with Crippen LogP contribution in [-0.2, 0) is 0 Å². The van der Waals surface area contributed by atoms with Crippen LogP contribution in [0.4, 0.5) is 0 Å². The molecule has 0 aliphatic carbocycles. The van der Waals surface area contributed by atoms with Crippen LogP contribution in [-0.4, -0.2) is 33.2 Å². The normalized spacial score (nSPS) is 16.4. The Kier molecular flexibility index (Phi) is 4.46. The largest absolute Gasteiger partial charge is 0.494 e. The molecular formula is C23H25N3O2. The van der Waals surface area contributed by atoms with E-state index in [1.54, 1.807) is 0 Å². The molecular weight excluding hydrogens is 350 g/mol. The number of carbonyl (C=O) groups excluding carboxylic acids is 1. The van der Waals surface area contributed by atoms with E-state index >= 15 is 0 Å². The van der Waals surface area contributed by atoms with E-state index in [9.17, 15) is 4.79 Å². The maximum absolute atomic E-state index is 13.3. The monoisotopic (exact) mass is 375 g/mol. The fourth-order valence-corrected chi connectivity index (χ4v) is 3.91. The minimum absolute atomic E-state index is 0.0241. The van der Waals surface area contributed by atoms with Gasteiger partial charge in [-0.1, -0.05) is 42.5 Å². The average molecular weight is 375 g/mol. The van der Waals surface area contributed by atoms with Gasteiger partial charge in [0.25, 0.3) is 5.91 Å². The van der Waals surface area contributed by atoms with Crippen molar-refractivity contribution in [2.75, 3.05) is 6.61 Å². The van der Waals surface area contributed by atoms with Gasteiger partial charge in [-0.3, -0.25) is 9.89 Å². The van der Waals surface area contributed by atoms with Crippen molar-refractivity contribution in [2.24, 2.45) is 0 Å². The molecule has 1 amide bonds. The van der Waals surface area contributed by atoms with Gasteiger partial charge in [0, 0.05) is 16.7 Å². The highest BCUT2D eigenvalue weighted by Gasteiger charge is 2.46. The topological polar surface area (TPSA) is 58.2 Å². The molecule has 4 rings (SSSR count). The minimum Gasteiger partial charge on any atom is -0.494 e. The fraction of sp³-hybridized carbons (Fsp3) is 0.304. The molecule has 1 N–H and O–H groups in total. The molecule has 1 aliphatic heterocycles. The third-order valence-corrected chi connectivity index (χ3v) is 5.02. The summed E-state index contributed by atoms with van der Waals surface area (Å²) < 4.78 is 5.71. The zero-order chi connectivity index (χ0) is 19.9. The van der Waals surface area contributed by atoms with Crippen molar-refractivity contribution >= 4 is 5.91 Å². The highest BCUT2D eigenvalue weighted by atomic mass is 16.5. The fourth-order valence-electron chi connectivity index (χ4n) is 3.91. The summed E-state index contributed by atoms with van der Waals surface area (Å²) in [6.45, 7) is 8.75. The lowest BCUT2D eigenvalue weighted by Gasteiger charge is -2.37. The molecule has 1 aliphatic rings. The second-order valence-corrected chi connectivity index (χ2v) is 7.98. The Bertz CT molecular complexity index is 1000. The molecule has 1 aromatic heterocycles. The predicted octanol–water partition coefficient (Wildman–Crippen LogP) is 4.82. The van der Waals surface area contributed by atoms with Gasteiger partial charge in [0.1, 0.15) is 11.4 Å². The van der Waals surface area contributed by atoms with Gasteiger partial charge in [0.15, 0.2) is 0 Å². The first-order chi connectivity index (χ1) is 13.4. The van der Waals surface area contributed by atoms with E-state index < -0.39 is 0 Å². The third-order valence-electron chi connectivity index (χ3n) is 5.02. The van der Waals surface area contributed by atoms with Gasteiger partial charge in [0.2, 0.25) is 0 Å². The van der Waals surface area contributed by atoms with E-state index in [1.165, 1.54) is 0 Å². The molecule has 5 nitrogen and oxygen atoms in total. The summed E-state index contributed by atoms with van der Waals surface area (Å²) in [5.74, 6) is 0.781. The van der Waals surface area contributed by atoms with E-state index in [4.69, 9.17) is 4.74 Å². The summed E-state index contributed by atoms with van der Waals surface area (Å²) >= 11 is 0. The number of H-pyrrole nitrogens is 1. The lowest BCUT2D eigenvalue weighted by Crippen LogP contribution is -2.44. The number of aromatic nitrogens is 2. The van der Waals surface area contributed by atoms with E-state index in [-0.39, 0.29) is 17.5 Å². The van der Waals surface area contributed by atoms with Crippen LogP contribution in [0.3, 0.4) is 0 Å². The van der Waals surface area contributed by atoms with Gasteiger partial charge < -0.3 is 9.64 Å². The second-order valence-electron chi connectivity index (χ2n) is 7.98. The molecule has 0 saturated heterocycles. The Morgan fingerprint density at radius 3 is 2.54 bits per heavy atom. The Morgan fingerprint density at radius 2 is 1.86 bits per heavy atom. The second kappa shape index (κ2) is 6.82. The number of fused-ring (bicyclic) bond motifs is 1. The number of amides is 1. The number of nitrogens with one attached hydrogen (secondary N) is 1. The predicted molar refractivity (Wildman–Crippen MR) is 109 cm³/mol. The summed E-state index contributed by atoms with van der Waals surface area (Å²) in [6.07, 6.45) is 0. The van der Waals surface area contributed by atoms with Crippen molar-refractivity contribution < 1.29 is 9.53 Å². The van der Waals surface area contributed by atoms with Crippen molar-refractivity contribution in [1.29, 1.82) is 0 Å². The molecule has 28 heavy (non-hydrogen) atoms. The quantitative estimate of drug-likeness (QED) is 0.711. The van der Waals surface area contributed by atoms with Crippen molar-refractivity contribution in [3.8, 4) is 17.0 Å². The highest BCUT2D eigenvalue weighted by molar-refractivity contribution is 6.00. The SMILES string of the molecule is CCOc1cccc(C2c3c(-c4ccccc4)n[nH]c3C(=O)N2C(C)(C)C)c1. The van der Waals surface area contributed by atoms with Crippen LogP contribution < -0.4 is 4.74 Å². The lowest BCUT2D eigenvalue weighted by atomic mass is 9.93. The van der Waals surface area contributed by atoms with E-state index in [0.717, 1.165) is 28.1 Å². The Morgan fingerprint density at radius 1 is 1.11 bits per heavy atom. The Hall–Kier alpha value is -3.08. The summed E-state index contributed by atoms with van der Waals surface area (Å²) in [7, 11) is 0. The van der Waals surface area contributed by atoms with Crippen molar-refractivity contribution in [2.45, 2.75) is 39.3 Å². The van der Waals surface area contributed by atoms with Gasteiger partial charge in [-0.05, 0) is 45.4 Å². The summed E-state index contributed by atoms with van der Waals surface area (Å²) in [6, 6.07) is 17.8. The number of hydrogen-bond donors (Lipinski definition) is 1. The third kappa shape index (κ3) is 2.97. The van der Waals surface area contributed by atoms with Gasteiger partial charge in [-0.2, -0.15) is 5.10 Å². The number of rotatable bonds is 4. The molecule has 144 valence electrons. The zero-order valence-electron chi connectivity index (χ0n) is 16.7. The molecule has 3 aromatic rings. The van der Waals surface area contributed by atoms with Crippen LogP contribution in [0.25, 0.3) is 11.3 Å². The molecule has 0 radical (unpaired) electrons. The molecule has 1 atom stereocenters. The summed E-state index contributed by atoms with van der Waals surface area (Å²) in [5.41, 5.74) is 3.99. The Labute approximate surface area is 165 Å². The van der Waals surface area contributed by atoms with Gasteiger partial charge in [-0.25, -0.2) is 0 Å². The molecule has 0 saturated carbocycles. The maximum atomic E-state index is 13.3.